The second kappa shape index (κ2) is 8.34. The molecule has 3 rings (SSSR count). The zero-order valence-corrected chi connectivity index (χ0v) is 17.5. The molecule has 3 aromatic heterocycles. The molecule has 29 heavy (non-hydrogen) atoms. The number of nitrogens with zero attached hydrogens (tertiary/aromatic N) is 5. The van der Waals surface area contributed by atoms with Gasteiger partial charge in [-0.3, -0.25) is 14.3 Å². The summed E-state index contributed by atoms with van der Waals surface area (Å²) in [5, 5.41) is 3.01. The number of hydrogen-bond donors (Lipinski definition) is 1. The second-order valence-electron chi connectivity index (χ2n) is 6.40. The molecule has 0 spiro atoms. The molecule has 0 aliphatic heterocycles. The van der Waals surface area contributed by atoms with Crippen LogP contribution >= 0.6 is 11.6 Å². The molecule has 3 aromatic rings. The van der Waals surface area contributed by atoms with Gasteiger partial charge in [-0.05, 0) is 37.1 Å². The number of fused-ring (bicyclic) bond motifs is 1. The Morgan fingerprint density at radius 3 is 2.62 bits per heavy atom. The van der Waals surface area contributed by atoms with Gasteiger partial charge in [0.1, 0.15) is 5.52 Å². The van der Waals surface area contributed by atoms with Crippen molar-refractivity contribution in [3.8, 4) is 0 Å². The molecule has 0 aromatic carbocycles. The van der Waals surface area contributed by atoms with Crippen molar-refractivity contribution in [3.63, 3.8) is 0 Å². The number of sulfone groups is 1. The van der Waals surface area contributed by atoms with E-state index in [0.717, 1.165) is 0 Å². The number of rotatable bonds is 7. The van der Waals surface area contributed by atoms with E-state index in [1.54, 1.807) is 6.07 Å². The topological polar surface area (TPSA) is 120 Å². The van der Waals surface area contributed by atoms with Crippen molar-refractivity contribution < 1.29 is 8.42 Å². The molecule has 0 aliphatic carbocycles. The van der Waals surface area contributed by atoms with Gasteiger partial charge in [0.15, 0.2) is 17.2 Å². The number of hydrogen-bond acceptors (Lipinski definition) is 8. The predicted molar refractivity (Wildman–Crippen MR) is 111 cm³/mol. The molecule has 0 amide bonds. The minimum atomic E-state index is -3.42. The Bertz CT molecular complexity index is 1190. The van der Waals surface area contributed by atoms with Crippen molar-refractivity contribution >= 4 is 38.4 Å². The standard InChI is InChI=1S/C18H20ClN6O3S/c1-4-11(3)25-16-14(10-22-18(19)24-16)23-15(17(25)26)21-8-12-6-7-13(9-20-12)29(27,28)5-2/h6-7,9-11H,2,4-5,8H2,1,3H3,(H,21,23)/q+1/t11-/m1/s1. The maximum Gasteiger partial charge on any atom is 0.295 e. The summed E-state index contributed by atoms with van der Waals surface area (Å²) in [5.74, 6) is -0.117. The largest absolute Gasteiger partial charge is 0.360 e. The van der Waals surface area contributed by atoms with Crippen LogP contribution in [0.1, 0.15) is 32.0 Å². The quantitative estimate of drug-likeness (QED) is 0.443. The van der Waals surface area contributed by atoms with Crippen molar-refractivity contribution in [1.29, 1.82) is 0 Å². The number of halogens is 1. The normalized spacial score (nSPS) is 12.8. The summed E-state index contributed by atoms with van der Waals surface area (Å²) < 4.78 is 25.2. The van der Waals surface area contributed by atoms with Gasteiger partial charge >= 0.3 is 0 Å². The summed E-state index contributed by atoms with van der Waals surface area (Å²) in [6.07, 6.45) is 3.45. The lowest BCUT2D eigenvalue weighted by Gasteiger charge is -2.17. The molecule has 0 saturated carbocycles. The van der Waals surface area contributed by atoms with Gasteiger partial charge in [0.2, 0.25) is 15.1 Å². The van der Waals surface area contributed by atoms with Crippen molar-refractivity contribution in [2.45, 2.75) is 37.8 Å². The minimum absolute atomic E-state index is 0.0398. The number of pyridine rings is 1. The van der Waals surface area contributed by atoms with E-state index in [-0.39, 0.29) is 39.9 Å². The van der Waals surface area contributed by atoms with Gasteiger partial charge in [0, 0.05) is 12.2 Å². The van der Waals surface area contributed by atoms with E-state index in [2.05, 4.69) is 32.2 Å². The van der Waals surface area contributed by atoms with E-state index in [1.807, 2.05) is 13.8 Å². The molecular weight excluding hydrogens is 416 g/mol. The number of nitrogens with one attached hydrogen (secondary N) is 1. The Hall–Kier alpha value is -2.72. The molecular formula is C18H20ClN6O3S+. The number of anilines is 1. The van der Waals surface area contributed by atoms with E-state index in [9.17, 15) is 13.2 Å². The predicted octanol–water partition coefficient (Wildman–Crippen LogP) is 2.43. The molecule has 1 N–H and O–H groups in total. The van der Waals surface area contributed by atoms with Crippen molar-refractivity contribution in [3.05, 3.63) is 52.8 Å². The second-order valence-corrected chi connectivity index (χ2v) is 8.85. The first kappa shape index (κ1) is 21.0. The monoisotopic (exact) mass is 435 g/mol. The summed E-state index contributed by atoms with van der Waals surface area (Å²) in [5.41, 5.74) is 1.02. The van der Waals surface area contributed by atoms with Gasteiger partial charge in [-0.2, -0.15) is 4.98 Å². The molecule has 3 heterocycles. The molecule has 0 radical (unpaired) electrons. The molecule has 0 aliphatic rings. The van der Waals surface area contributed by atoms with Crippen LogP contribution < -0.4 is 10.9 Å². The Kier molecular flexibility index (Phi) is 6.04. The van der Waals surface area contributed by atoms with Gasteiger partial charge in [-0.15, -0.1) is 0 Å². The molecule has 0 saturated heterocycles. The Labute approximate surface area is 173 Å². The zero-order chi connectivity index (χ0) is 21.2. The van der Waals surface area contributed by atoms with Crippen LogP contribution in [-0.4, -0.2) is 38.7 Å². The van der Waals surface area contributed by atoms with E-state index in [4.69, 9.17) is 11.6 Å². The van der Waals surface area contributed by atoms with Crippen molar-refractivity contribution in [2.75, 3.05) is 11.1 Å². The minimum Gasteiger partial charge on any atom is -0.360 e. The van der Waals surface area contributed by atoms with Crippen LogP contribution in [-0.2, 0) is 16.4 Å². The lowest BCUT2D eigenvalue weighted by molar-refractivity contribution is 0.526. The highest BCUT2D eigenvalue weighted by atomic mass is 35.5. The smallest absolute Gasteiger partial charge is 0.295 e. The lowest BCUT2D eigenvalue weighted by Crippen LogP contribution is -2.28. The zero-order valence-electron chi connectivity index (χ0n) is 16.0. The van der Waals surface area contributed by atoms with Gasteiger partial charge in [0.05, 0.1) is 30.3 Å². The number of aromatic nitrogens is 5. The average molecular weight is 436 g/mol. The van der Waals surface area contributed by atoms with Crippen molar-refractivity contribution in [2.24, 2.45) is 0 Å². The highest BCUT2D eigenvalue weighted by Gasteiger charge is 2.18. The molecule has 9 nitrogen and oxygen atoms in total. The van der Waals surface area contributed by atoms with E-state index in [0.29, 0.717) is 23.3 Å². The third-order valence-corrected chi connectivity index (χ3v) is 6.18. The summed E-state index contributed by atoms with van der Waals surface area (Å²) >= 11 is 5.89. The van der Waals surface area contributed by atoms with Crippen LogP contribution in [0.25, 0.3) is 11.2 Å². The molecule has 152 valence electrons. The van der Waals surface area contributed by atoms with Crippen LogP contribution in [0.5, 0.6) is 0 Å². The van der Waals surface area contributed by atoms with Gasteiger partial charge < -0.3 is 5.32 Å². The van der Waals surface area contributed by atoms with Gasteiger partial charge in [0.25, 0.3) is 5.56 Å². The van der Waals surface area contributed by atoms with Crippen molar-refractivity contribution in [1.82, 2.24) is 24.5 Å². The van der Waals surface area contributed by atoms with Gasteiger partial charge in [-0.1, -0.05) is 6.92 Å². The van der Waals surface area contributed by atoms with E-state index >= 15 is 0 Å². The van der Waals surface area contributed by atoms with Crippen LogP contribution in [0.2, 0.25) is 5.28 Å². The third-order valence-electron chi connectivity index (χ3n) is 4.50. The van der Waals surface area contributed by atoms with E-state index in [1.165, 1.54) is 23.0 Å². The summed E-state index contributed by atoms with van der Waals surface area (Å²) in [7, 11) is -3.42. The summed E-state index contributed by atoms with van der Waals surface area (Å²) in [4.78, 5) is 29.6. The maximum absolute atomic E-state index is 13.0. The Morgan fingerprint density at radius 2 is 2.00 bits per heavy atom. The highest BCUT2D eigenvalue weighted by Crippen LogP contribution is 2.18. The fraction of sp³-hybridized carbons (Fsp3) is 0.333. The summed E-state index contributed by atoms with van der Waals surface area (Å²) in [6, 6.07) is 2.92. The fourth-order valence-electron chi connectivity index (χ4n) is 2.68. The SMILES string of the molecule is [CH2+]CS(=O)(=O)c1ccc(CNc2nc3cnc(Cl)nc3n([C@H](C)CC)c2=O)nc1. The molecule has 0 fully saturated rings. The van der Waals surface area contributed by atoms with Crippen LogP contribution in [0.4, 0.5) is 5.82 Å². The average Bonchev–Trinajstić information content (AvgIpc) is 2.72. The molecule has 0 unspecified atom stereocenters. The highest BCUT2D eigenvalue weighted by molar-refractivity contribution is 7.91. The van der Waals surface area contributed by atoms with Crippen LogP contribution in [0.15, 0.2) is 34.2 Å². The first-order valence-electron chi connectivity index (χ1n) is 8.92. The fourth-order valence-corrected chi connectivity index (χ4v) is 3.53. The lowest BCUT2D eigenvalue weighted by atomic mass is 10.2. The molecule has 0 bridgehead atoms. The molecule has 1 atom stereocenters. The Balaban J connectivity index is 1.94. The molecule has 11 heteroatoms. The third kappa shape index (κ3) is 4.33. The first-order valence-corrected chi connectivity index (χ1v) is 11.0. The van der Waals surface area contributed by atoms with Gasteiger partial charge in [-0.25, -0.2) is 18.4 Å². The van der Waals surface area contributed by atoms with Crippen LogP contribution in [0, 0.1) is 6.92 Å². The maximum atomic E-state index is 13.0. The first-order chi connectivity index (χ1) is 13.8. The summed E-state index contributed by atoms with van der Waals surface area (Å²) in [6.45, 7) is 7.47. The van der Waals surface area contributed by atoms with E-state index < -0.39 is 9.84 Å². The Morgan fingerprint density at radius 1 is 1.24 bits per heavy atom. The van der Waals surface area contributed by atoms with Crippen LogP contribution in [0.3, 0.4) is 0 Å².